The summed E-state index contributed by atoms with van der Waals surface area (Å²) in [5, 5.41) is 7.49. The number of rotatable bonds is 5. The minimum Gasteiger partial charge on any atom is -0.337 e. The number of nitrogens with zero attached hydrogens (tertiary/aromatic N) is 6. The van der Waals surface area contributed by atoms with E-state index in [1.54, 1.807) is 0 Å². The van der Waals surface area contributed by atoms with Crippen LogP contribution in [-0.4, -0.2) is 28.7 Å². The maximum absolute atomic E-state index is 5.27. The maximum atomic E-state index is 5.27. The highest BCUT2D eigenvalue weighted by molar-refractivity contribution is 6.26. The van der Waals surface area contributed by atoms with Crippen LogP contribution in [-0.2, 0) is 0 Å². The van der Waals surface area contributed by atoms with Crippen molar-refractivity contribution < 1.29 is 0 Å². The lowest BCUT2D eigenvalue weighted by atomic mass is 9.95. The van der Waals surface area contributed by atoms with E-state index in [1.165, 1.54) is 92.2 Å². The van der Waals surface area contributed by atoms with Crippen LogP contribution in [0.4, 0.5) is 0 Å². The lowest BCUT2D eigenvalue weighted by molar-refractivity contribution is 0.367. The first-order valence-electron chi connectivity index (χ1n) is 20.5. The Balaban J connectivity index is 1.17. The summed E-state index contributed by atoms with van der Waals surface area (Å²) < 4.78 is 7.44. The van der Waals surface area contributed by atoms with Crippen molar-refractivity contribution in [2.45, 2.75) is 51.0 Å². The third-order valence-electron chi connectivity index (χ3n) is 12.5. The molecule has 0 atom stereocenters. The monoisotopic (exact) mass is 736 g/mol. The summed E-state index contributed by atoms with van der Waals surface area (Å²) in [4.78, 5) is 15.6. The predicted octanol–water partition coefficient (Wildman–Crippen LogP) is 13.1. The summed E-state index contributed by atoms with van der Waals surface area (Å²) >= 11 is 0. The molecule has 0 radical (unpaired) electrons. The number of hydrogen-bond acceptors (Lipinski definition) is 3. The largest absolute Gasteiger partial charge is 0.337 e. The van der Waals surface area contributed by atoms with E-state index in [2.05, 4.69) is 147 Å². The first kappa shape index (κ1) is 32.5. The highest BCUT2D eigenvalue weighted by Gasteiger charge is 2.25. The molecule has 57 heavy (non-hydrogen) atoms. The number of benzene rings is 6. The summed E-state index contributed by atoms with van der Waals surface area (Å²) in [6.45, 7) is 0. The second-order valence-electron chi connectivity index (χ2n) is 15.7. The fourth-order valence-corrected chi connectivity index (χ4v) is 9.97. The normalized spacial score (nSPS) is 15.2. The fraction of sp³-hybridized carbons (Fsp3) is 0.157. The zero-order valence-electron chi connectivity index (χ0n) is 31.6. The number of fused-ring (bicyclic) bond motifs is 10. The van der Waals surface area contributed by atoms with Crippen LogP contribution in [0.1, 0.15) is 56.8 Å². The molecule has 2 aliphatic rings. The summed E-state index contributed by atoms with van der Waals surface area (Å²) in [7, 11) is 0. The van der Waals surface area contributed by atoms with E-state index in [0.29, 0.717) is 17.8 Å². The van der Waals surface area contributed by atoms with E-state index in [4.69, 9.17) is 15.0 Å². The van der Waals surface area contributed by atoms with E-state index in [0.717, 1.165) is 40.8 Å². The fourth-order valence-electron chi connectivity index (χ4n) is 9.97. The molecule has 0 aliphatic heterocycles. The van der Waals surface area contributed by atoms with Crippen LogP contribution in [0.5, 0.6) is 0 Å². The van der Waals surface area contributed by atoms with Crippen molar-refractivity contribution in [3.63, 3.8) is 0 Å². The second kappa shape index (κ2) is 12.9. The van der Waals surface area contributed by atoms with Crippen molar-refractivity contribution in [3.05, 3.63) is 158 Å². The van der Waals surface area contributed by atoms with Crippen molar-refractivity contribution in [1.82, 2.24) is 28.7 Å². The molecule has 6 heteroatoms. The van der Waals surface area contributed by atoms with Gasteiger partial charge < -0.3 is 9.13 Å². The van der Waals surface area contributed by atoms with Gasteiger partial charge in [-0.2, -0.15) is 9.97 Å². The minimum absolute atomic E-state index is 0.505. The van der Waals surface area contributed by atoms with Gasteiger partial charge in [0.1, 0.15) is 0 Å². The van der Waals surface area contributed by atoms with E-state index in [9.17, 15) is 0 Å². The molecule has 4 aromatic heterocycles. The molecular weight excluding hydrogens is 697 g/mol. The van der Waals surface area contributed by atoms with E-state index >= 15 is 0 Å². The average Bonchev–Trinajstić information content (AvgIpc) is 3.92. The van der Waals surface area contributed by atoms with Gasteiger partial charge in [0.2, 0.25) is 5.95 Å². The summed E-state index contributed by atoms with van der Waals surface area (Å²) in [6, 6.07) is 49.1. The Morgan fingerprint density at radius 2 is 1.18 bits per heavy atom. The molecule has 0 spiro atoms. The molecule has 0 bridgehead atoms. The van der Waals surface area contributed by atoms with Gasteiger partial charge >= 0.3 is 0 Å². The SMILES string of the molecule is C1=CCCC(c2nc(-c3ccccc3)nc(-n3c4ccccc4c4c3ccc3c5ccccc5n(-c5ccc6c7ccccc7n(C7CCCCC7)c6c5)c34)n2)=C1. The van der Waals surface area contributed by atoms with Gasteiger partial charge in [-0.15, -0.1) is 0 Å². The van der Waals surface area contributed by atoms with Gasteiger partial charge in [-0.3, -0.25) is 4.57 Å². The van der Waals surface area contributed by atoms with Gasteiger partial charge in [-0.05, 0) is 67.7 Å². The van der Waals surface area contributed by atoms with Crippen molar-refractivity contribution in [3.8, 4) is 23.0 Å². The van der Waals surface area contributed by atoms with E-state index in [-0.39, 0.29) is 0 Å². The van der Waals surface area contributed by atoms with Crippen LogP contribution >= 0.6 is 0 Å². The number of para-hydroxylation sites is 3. The first-order chi connectivity index (χ1) is 28.3. The Bertz CT molecular complexity index is 3280. The van der Waals surface area contributed by atoms with Gasteiger partial charge in [0.05, 0.1) is 27.6 Å². The van der Waals surface area contributed by atoms with Crippen LogP contribution in [0, 0.1) is 0 Å². The molecule has 1 saturated carbocycles. The van der Waals surface area contributed by atoms with Crippen molar-refractivity contribution in [2.75, 3.05) is 0 Å². The summed E-state index contributed by atoms with van der Waals surface area (Å²) in [6.07, 6.45) is 14.7. The van der Waals surface area contributed by atoms with Gasteiger partial charge in [-0.25, -0.2) is 4.98 Å². The van der Waals surface area contributed by atoms with Crippen LogP contribution in [0.15, 0.2) is 152 Å². The van der Waals surface area contributed by atoms with Crippen molar-refractivity contribution in [2.24, 2.45) is 0 Å². The topological polar surface area (TPSA) is 53.5 Å². The standard InChI is InChI=1S/C51H40N6/c1-4-16-33(17-5-1)49-52-50(34-18-6-2-7-19-34)54-51(53-49)57-44-27-15-12-24-41(44)47-45(57)31-30-40-38-23-11-14-26-43(38)56(48(40)47)36-28-29-39-37-22-10-13-25-42(37)55(46(39)32-36)35-20-8-3-9-21-35/h1-2,4-6,10-18,22-32,35H,3,7-9,19-21H2. The smallest absolute Gasteiger partial charge is 0.238 e. The zero-order chi connectivity index (χ0) is 37.5. The van der Waals surface area contributed by atoms with Gasteiger partial charge in [-0.1, -0.05) is 135 Å². The molecule has 0 unspecified atom stereocenters. The lowest BCUT2D eigenvalue weighted by Gasteiger charge is -2.25. The molecule has 0 saturated heterocycles. The molecule has 6 nitrogen and oxygen atoms in total. The van der Waals surface area contributed by atoms with Crippen molar-refractivity contribution in [1.29, 1.82) is 0 Å². The van der Waals surface area contributed by atoms with Crippen LogP contribution in [0.25, 0.3) is 94.0 Å². The first-order valence-corrected chi connectivity index (χ1v) is 20.5. The maximum Gasteiger partial charge on any atom is 0.238 e. The molecule has 6 aromatic carbocycles. The highest BCUT2D eigenvalue weighted by Crippen LogP contribution is 2.44. The molecule has 12 rings (SSSR count). The van der Waals surface area contributed by atoms with Gasteiger partial charge in [0.15, 0.2) is 11.6 Å². The molecule has 0 amide bonds. The molecule has 10 aromatic rings. The van der Waals surface area contributed by atoms with E-state index in [1.807, 2.05) is 18.2 Å². The third-order valence-corrected chi connectivity index (χ3v) is 12.5. The second-order valence-corrected chi connectivity index (χ2v) is 15.7. The Labute approximate surface area is 330 Å². The lowest BCUT2D eigenvalue weighted by Crippen LogP contribution is -2.12. The van der Waals surface area contributed by atoms with E-state index < -0.39 is 0 Å². The average molecular weight is 737 g/mol. The molecular formula is C51H40N6. The van der Waals surface area contributed by atoms with Crippen LogP contribution < -0.4 is 0 Å². The van der Waals surface area contributed by atoms with Gasteiger partial charge in [0.25, 0.3) is 0 Å². The molecule has 2 aliphatic carbocycles. The zero-order valence-corrected chi connectivity index (χ0v) is 31.6. The third kappa shape index (κ3) is 4.99. The molecule has 4 heterocycles. The molecule has 274 valence electrons. The summed E-state index contributed by atoms with van der Waals surface area (Å²) in [5.74, 6) is 2.03. The van der Waals surface area contributed by atoms with Crippen LogP contribution in [0.2, 0.25) is 0 Å². The van der Waals surface area contributed by atoms with Crippen LogP contribution in [0.3, 0.4) is 0 Å². The Morgan fingerprint density at radius 3 is 1.96 bits per heavy atom. The minimum atomic E-state index is 0.505. The Hall–Kier alpha value is -6.79. The summed E-state index contributed by atoms with van der Waals surface area (Å²) in [5.41, 5.74) is 10.5. The highest BCUT2D eigenvalue weighted by atomic mass is 15.2. The van der Waals surface area contributed by atoms with Crippen molar-refractivity contribution >= 4 is 71.0 Å². The predicted molar refractivity (Wildman–Crippen MR) is 235 cm³/mol. The quantitative estimate of drug-likeness (QED) is 0.177. The van der Waals surface area contributed by atoms with Gasteiger partial charge in [0, 0.05) is 55.1 Å². The number of aromatic nitrogens is 6. The number of hydrogen-bond donors (Lipinski definition) is 0. The Kier molecular flexibility index (Phi) is 7.34. The molecule has 1 fully saturated rings. The molecule has 0 N–H and O–H groups in total. The number of allylic oxidation sites excluding steroid dienone is 4. The Morgan fingerprint density at radius 1 is 0.509 bits per heavy atom.